The number of imide groups is 1. The van der Waals surface area contributed by atoms with Crippen LogP contribution in [0.15, 0.2) is 23.4 Å². The van der Waals surface area contributed by atoms with Gasteiger partial charge < -0.3 is 5.11 Å². The molecule has 1 atom stereocenters. The van der Waals surface area contributed by atoms with E-state index in [2.05, 4.69) is 4.98 Å². The number of hydrogen-bond acceptors (Lipinski definition) is 8. The zero-order valence-corrected chi connectivity index (χ0v) is 15.7. The summed E-state index contributed by atoms with van der Waals surface area (Å²) in [5.41, 5.74) is -0.115. The topological polar surface area (TPSA) is 131 Å². The third kappa shape index (κ3) is 4.94. The molecule has 0 spiro atoms. The van der Waals surface area contributed by atoms with Crippen molar-refractivity contribution in [3.63, 3.8) is 0 Å². The smallest absolute Gasteiger partial charge is 0.326 e. The van der Waals surface area contributed by atoms with Crippen molar-refractivity contribution in [1.29, 1.82) is 0 Å². The Morgan fingerprint density at radius 3 is 2.46 bits per heavy atom. The minimum atomic E-state index is -1.22. The van der Waals surface area contributed by atoms with E-state index in [1.54, 1.807) is 13.8 Å². The van der Waals surface area contributed by atoms with Gasteiger partial charge in [0.25, 0.3) is 5.69 Å². The molecular formula is C15H17N3O6S2. The first kappa shape index (κ1) is 20.2. The summed E-state index contributed by atoms with van der Waals surface area (Å²) in [6.07, 6.45) is 1.30. The molecule has 0 radical (unpaired) electrons. The summed E-state index contributed by atoms with van der Waals surface area (Å²) in [6.45, 7) is 3.61. The number of amides is 2. The van der Waals surface area contributed by atoms with Gasteiger partial charge in [0, 0.05) is 23.7 Å². The Balaban J connectivity index is 2.03. The second-order valence-corrected chi connectivity index (χ2v) is 9.11. The summed E-state index contributed by atoms with van der Waals surface area (Å²) in [7, 11) is 2.57. The van der Waals surface area contributed by atoms with Gasteiger partial charge in [0.1, 0.15) is 17.3 Å². The average Bonchev–Trinajstić information content (AvgIpc) is 2.90. The van der Waals surface area contributed by atoms with Crippen molar-refractivity contribution in [2.24, 2.45) is 0 Å². The zero-order valence-electron chi connectivity index (χ0n) is 14.1. The molecule has 1 aromatic heterocycles. The highest BCUT2D eigenvalue weighted by Crippen LogP contribution is 2.43. The van der Waals surface area contributed by atoms with E-state index in [1.165, 1.54) is 33.7 Å². The first-order chi connectivity index (χ1) is 12.1. The molecule has 0 aliphatic carbocycles. The third-order valence-electron chi connectivity index (χ3n) is 3.66. The molecule has 1 fully saturated rings. The van der Waals surface area contributed by atoms with Crippen molar-refractivity contribution in [2.75, 3.05) is 0 Å². The van der Waals surface area contributed by atoms with Crippen molar-refractivity contribution in [1.82, 2.24) is 9.88 Å². The summed E-state index contributed by atoms with van der Waals surface area (Å²) < 4.78 is -0.597. The van der Waals surface area contributed by atoms with Crippen molar-refractivity contribution in [3.05, 3.63) is 28.4 Å². The van der Waals surface area contributed by atoms with Crippen molar-refractivity contribution < 1.29 is 24.4 Å². The number of carbonyl (C=O) groups excluding carboxylic acids is 2. The standard InChI is InChI=1S/C15H17N3O6S2/c1-15(2,26-25-11-4-3-9(8-16-11)18(23)24)7-10(14(21)22)17-12(19)5-6-13(17)20/h3-4,8,10H,5-7H2,1-2H3,(H,21,22). The minimum absolute atomic E-state index is 0.0393. The van der Waals surface area contributed by atoms with Gasteiger partial charge in [-0.25, -0.2) is 9.78 Å². The van der Waals surface area contributed by atoms with Crippen LogP contribution in [0.4, 0.5) is 5.69 Å². The summed E-state index contributed by atoms with van der Waals surface area (Å²) in [5.74, 6) is -2.15. The molecule has 1 unspecified atom stereocenters. The van der Waals surface area contributed by atoms with Gasteiger partial charge in [-0.2, -0.15) is 0 Å². The maximum absolute atomic E-state index is 11.8. The Labute approximate surface area is 157 Å². The van der Waals surface area contributed by atoms with Gasteiger partial charge in [-0.3, -0.25) is 24.6 Å². The lowest BCUT2D eigenvalue weighted by Gasteiger charge is -2.30. The van der Waals surface area contributed by atoms with Crippen LogP contribution >= 0.6 is 21.6 Å². The fourth-order valence-electron chi connectivity index (χ4n) is 2.42. The van der Waals surface area contributed by atoms with Crippen LogP contribution in [0.1, 0.15) is 33.1 Å². The maximum atomic E-state index is 11.8. The molecule has 2 amide bonds. The number of rotatable bonds is 8. The van der Waals surface area contributed by atoms with E-state index < -0.39 is 33.5 Å². The summed E-state index contributed by atoms with van der Waals surface area (Å²) in [5, 5.41) is 20.6. The predicted octanol–water partition coefficient (Wildman–Crippen LogP) is 2.50. The molecule has 1 aliphatic rings. The number of carboxylic acids is 1. The van der Waals surface area contributed by atoms with Crippen LogP contribution in [0.3, 0.4) is 0 Å². The molecule has 0 bridgehead atoms. The SMILES string of the molecule is CC(C)(CC(C(=O)O)N1C(=O)CCC1=O)SSc1ccc([N+](=O)[O-])cn1. The third-order valence-corrected chi connectivity index (χ3v) is 6.89. The molecule has 1 N–H and O–H groups in total. The normalized spacial score (nSPS) is 16.0. The fraction of sp³-hybridized carbons (Fsp3) is 0.467. The van der Waals surface area contributed by atoms with E-state index in [4.69, 9.17) is 0 Å². The highest BCUT2D eigenvalue weighted by atomic mass is 33.1. The molecule has 11 heteroatoms. The summed E-state index contributed by atoms with van der Waals surface area (Å²) >= 11 is 0. The lowest BCUT2D eigenvalue weighted by atomic mass is 10.0. The molecule has 26 heavy (non-hydrogen) atoms. The molecule has 9 nitrogen and oxygen atoms in total. The Morgan fingerprint density at radius 2 is 2.00 bits per heavy atom. The number of likely N-dealkylation sites (tertiary alicyclic amines) is 1. The number of hydrogen-bond donors (Lipinski definition) is 1. The monoisotopic (exact) mass is 399 g/mol. The van der Waals surface area contributed by atoms with Crippen molar-refractivity contribution >= 4 is 45.1 Å². The number of pyridine rings is 1. The van der Waals surface area contributed by atoms with Crippen LogP contribution in [0.25, 0.3) is 0 Å². The average molecular weight is 399 g/mol. The Kier molecular flexibility index (Phi) is 6.24. The van der Waals surface area contributed by atoms with Gasteiger partial charge in [0.05, 0.1) is 4.92 Å². The van der Waals surface area contributed by atoms with Crippen LogP contribution in [0.5, 0.6) is 0 Å². The van der Waals surface area contributed by atoms with Crippen LogP contribution in [-0.4, -0.2) is 48.5 Å². The quantitative estimate of drug-likeness (QED) is 0.303. The lowest BCUT2D eigenvalue weighted by Crippen LogP contribution is -2.47. The molecule has 1 saturated heterocycles. The fourth-order valence-corrected chi connectivity index (χ4v) is 4.60. The number of aromatic nitrogens is 1. The second-order valence-electron chi connectivity index (χ2n) is 6.25. The van der Waals surface area contributed by atoms with Crippen molar-refractivity contribution in [3.8, 4) is 0 Å². The maximum Gasteiger partial charge on any atom is 0.326 e. The second kappa shape index (κ2) is 8.04. The molecule has 140 valence electrons. The number of carboxylic acid groups (broad SMARTS) is 1. The molecule has 0 saturated carbocycles. The first-order valence-corrected chi connectivity index (χ1v) is 9.79. The number of carbonyl (C=O) groups is 3. The van der Waals surface area contributed by atoms with E-state index in [0.717, 1.165) is 11.1 Å². The van der Waals surface area contributed by atoms with E-state index in [0.29, 0.717) is 5.03 Å². The molecular weight excluding hydrogens is 382 g/mol. The van der Waals surface area contributed by atoms with E-state index >= 15 is 0 Å². The molecule has 1 aromatic rings. The Hall–Kier alpha value is -2.14. The van der Waals surface area contributed by atoms with Gasteiger partial charge >= 0.3 is 5.97 Å². The van der Waals surface area contributed by atoms with Crippen molar-refractivity contribution in [2.45, 2.75) is 48.9 Å². The van der Waals surface area contributed by atoms with Gasteiger partial charge in [-0.15, -0.1) is 0 Å². The molecule has 1 aliphatic heterocycles. The number of nitrogens with zero attached hydrogens (tertiary/aromatic N) is 3. The van der Waals surface area contributed by atoms with Crippen LogP contribution in [0, 0.1) is 10.1 Å². The lowest BCUT2D eigenvalue weighted by molar-refractivity contribution is -0.385. The highest BCUT2D eigenvalue weighted by molar-refractivity contribution is 8.77. The van der Waals surface area contributed by atoms with Crippen LogP contribution in [0.2, 0.25) is 0 Å². The van der Waals surface area contributed by atoms with E-state index in [1.807, 2.05) is 0 Å². The zero-order chi connectivity index (χ0) is 19.5. The summed E-state index contributed by atoms with van der Waals surface area (Å²) in [6, 6.07) is 1.63. The summed E-state index contributed by atoms with van der Waals surface area (Å²) in [4.78, 5) is 50.2. The minimum Gasteiger partial charge on any atom is -0.480 e. The first-order valence-electron chi connectivity index (χ1n) is 7.64. The Morgan fingerprint density at radius 1 is 1.38 bits per heavy atom. The molecule has 2 rings (SSSR count). The van der Waals surface area contributed by atoms with Crippen LogP contribution in [-0.2, 0) is 14.4 Å². The van der Waals surface area contributed by atoms with E-state index in [-0.39, 0.29) is 24.9 Å². The van der Waals surface area contributed by atoms with Gasteiger partial charge in [0.15, 0.2) is 0 Å². The predicted molar refractivity (Wildman–Crippen MR) is 95.5 cm³/mol. The van der Waals surface area contributed by atoms with Gasteiger partial charge in [-0.1, -0.05) is 10.8 Å². The van der Waals surface area contributed by atoms with Crippen LogP contribution < -0.4 is 0 Å². The van der Waals surface area contributed by atoms with Gasteiger partial charge in [-0.05, 0) is 37.1 Å². The van der Waals surface area contributed by atoms with Gasteiger partial charge in [0.2, 0.25) is 11.8 Å². The highest BCUT2D eigenvalue weighted by Gasteiger charge is 2.41. The van der Waals surface area contributed by atoms with E-state index in [9.17, 15) is 29.6 Å². The largest absolute Gasteiger partial charge is 0.480 e. The Bertz CT molecular complexity index is 721. The molecule has 2 heterocycles. The number of nitro groups is 1. The molecule has 0 aromatic carbocycles. The number of aliphatic carboxylic acids is 1.